The molecule has 1 aromatic heterocycles. The van der Waals surface area contributed by atoms with Crippen molar-refractivity contribution < 1.29 is 9.47 Å². The van der Waals surface area contributed by atoms with Gasteiger partial charge in [-0.1, -0.05) is 15.9 Å². The Morgan fingerprint density at radius 2 is 1.88 bits per heavy atom. The van der Waals surface area contributed by atoms with Gasteiger partial charge in [0.1, 0.15) is 12.4 Å². The summed E-state index contributed by atoms with van der Waals surface area (Å²) in [5, 5.41) is 8.94. The third-order valence-electron chi connectivity index (χ3n) is 2.18. The summed E-state index contributed by atoms with van der Waals surface area (Å²) in [6.07, 6.45) is 0. The van der Waals surface area contributed by atoms with E-state index in [2.05, 4.69) is 26.1 Å². The zero-order valence-electron chi connectivity index (χ0n) is 10.9. The lowest BCUT2D eigenvalue weighted by molar-refractivity contribution is -0.0197. The first-order valence-electron chi connectivity index (χ1n) is 5.57. The van der Waals surface area contributed by atoms with Crippen LogP contribution in [0.2, 0.25) is 0 Å². The first-order chi connectivity index (χ1) is 7.98. The van der Waals surface area contributed by atoms with Gasteiger partial charge in [-0.2, -0.15) is 0 Å². The largest absolute Gasteiger partial charge is 0.383 e. The van der Waals surface area contributed by atoms with Crippen LogP contribution in [0.4, 0.5) is 0 Å². The summed E-state index contributed by atoms with van der Waals surface area (Å²) in [6.45, 7) is 7.91. The smallest absolute Gasteiger partial charge is 0.159 e. The minimum absolute atomic E-state index is 0.174. The van der Waals surface area contributed by atoms with E-state index in [-0.39, 0.29) is 5.60 Å². The van der Waals surface area contributed by atoms with Gasteiger partial charge in [0.15, 0.2) is 5.82 Å². The van der Waals surface area contributed by atoms with Crippen molar-refractivity contribution in [2.24, 2.45) is 0 Å². The average molecular weight is 306 g/mol. The fourth-order valence-corrected chi connectivity index (χ4v) is 1.71. The fourth-order valence-electron chi connectivity index (χ4n) is 1.30. The number of alkyl halides is 1. The molecule has 17 heavy (non-hydrogen) atoms. The van der Waals surface area contributed by atoms with Crippen molar-refractivity contribution in [3.63, 3.8) is 0 Å². The highest BCUT2D eigenvalue weighted by atomic mass is 79.9. The number of ether oxygens (including phenoxy) is 2. The van der Waals surface area contributed by atoms with Crippen LogP contribution in [0, 0.1) is 0 Å². The maximum atomic E-state index is 5.71. The Hall–Kier alpha value is -0.460. The monoisotopic (exact) mass is 305 g/mol. The standard InChI is InChI=1S/C11H20BrN3O2/c1-11(2,3)17-8-10-14-13-9(7-12)15(10)5-6-16-4/h5-8H2,1-4H3. The van der Waals surface area contributed by atoms with Crippen molar-refractivity contribution in [2.45, 2.75) is 44.9 Å². The van der Waals surface area contributed by atoms with Gasteiger partial charge in [-0.15, -0.1) is 10.2 Å². The van der Waals surface area contributed by atoms with Crippen molar-refractivity contribution in [1.29, 1.82) is 0 Å². The summed E-state index contributed by atoms with van der Waals surface area (Å²) in [7, 11) is 1.68. The Morgan fingerprint density at radius 3 is 2.41 bits per heavy atom. The van der Waals surface area contributed by atoms with Crippen molar-refractivity contribution in [2.75, 3.05) is 13.7 Å². The Kier molecular flexibility index (Phi) is 5.55. The molecule has 0 fully saturated rings. The van der Waals surface area contributed by atoms with Gasteiger partial charge in [0.25, 0.3) is 0 Å². The van der Waals surface area contributed by atoms with Gasteiger partial charge < -0.3 is 14.0 Å². The van der Waals surface area contributed by atoms with Crippen molar-refractivity contribution >= 4 is 15.9 Å². The normalized spacial score (nSPS) is 12.1. The van der Waals surface area contributed by atoms with E-state index in [0.717, 1.165) is 18.2 Å². The van der Waals surface area contributed by atoms with Gasteiger partial charge in [-0.3, -0.25) is 0 Å². The highest BCUT2D eigenvalue weighted by Crippen LogP contribution is 2.13. The van der Waals surface area contributed by atoms with Crippen LogP contribution in [0.25, 0.3) is 0 Å². The molecule has 0 aromatic carbocycles. The number of hydrogen-bond donors (Lipinski definition) is 0. The maximum Gasteiger partial charge on any atom is 0.159 e. The molecule has 0 saturated heterocycles. The topological polar surface area (TPSA) is 49.2 Å². The minimum Gasteiger partial charge on any atom is -0.383 e. The fraction of sp³-hybridized carbons (Fsp3) is 0.818. The first-order valence-corrected chi connectivity index (χ1v) is 6.70. The van der Waals surface area contributed by atoms with Gasteiger partial charge in [-0.25, -0.2) is 0 Å². The third-order valence-corrected chi connectivity index (χ3v) is 2.68. The molecule has 1 aromatic rings. The van der Waals surface area contributed by atoms with E-state index in [0.29, 0.717) is 18.5 Å². The van der Waals surface area contributed by atoms with Crippen LogP contribution in [-0.4, -0.2) is 34.1 Å². The Balaban J connectivity index is 2.73. The van der Waals surface area contributed by atoms with Crippen molar-refractivity contribution in [1.82, 2.24) is 14.8 Å². The quantitative estimate of drug-likeness (QED) is 0.756. The van der Waals surface area contributed by atoms with Crippen molar-refractivity contribution in [3.05, 3.63) is 11.6 Å². The number of rotatable bonds is 6. The van der Waals surface area contributed by atoms with Gasteiger partial charge in [0.05, 0.1) is 17.5 Å². The Morgan fingerprint density at radius 1 is 1.24 bits per heavy atom. The summed E-state index contributed by atoms with van der Waals surface area (Å²) in [4.78, 5) is 0. The minimum atomic E-state index is -0.174. The van der Waals surface area contributed by atoms with E-state index in [4.69, 9.17) is 9.47 Å². The molecule has 0 aliphatic carbocycles. The molecule has 5 nitrogen and oxygen atoms in total. The van der Waals surface area contributed by atoms with Crippen LogP contribution in [0.1, 0.15) is 32.4 Å². The van der Waals surface area contributed by atoms with E-state index in [1.54, 1.807) is 7.11 Å². The summed E-state index contributed by atoms with van der Waals surface area (Å²) >= 11 is 3.40. The van der Waals surface area contributed by atoms with Crippen LogP contribution in [0.5, 0.6) is 0 Å². The molecule has 1 rings (SSSR count). The molecular formula is C11H20BrN3O2. The second-order valence-electron chi connectivity index (χ2n) is 4.71. The molecule has 0 bridgehead atoms. The SMILES string of the molecule is COCCn1c(CBr)nnc1COC(C)(C)C. The summed E-state index contributed by atoms with van der Waals surface area (Å²) in [5.41, 5.74) is -0.174. The maximum absolute atomic E-state index is 5.71. The Bertz CT molecular complexity index is 347. The van der Waals surface area contributed by atoms with Crippen LogP contribution in [0.15, 0.2) is 0 Å². The average Bonchev–Trinajstić information content (AvgIpc) is 2.64. The van der Waals surface area contributed by atoms with E-state index in [9.17, 15) is 0 Å². The molecule has 0 N–H and O–H groups in total. The second kappa shape index (κ2) is 6.47. The highest BCUT2D eigenvalue weighted by molar-refractivity contribution is 9.08. The van der Waals surface area contributed by atoms with Crippen LogP contribution < -0.4 is 0 Å². The Labute approximate surface area is 111 Å². The highest BCUT2D eigenvalue weighted by Gasteiger charge is 2.15. The predicted octanol–water partition coefficient (Wildman–Crippen LogP) is 2.13. The van der Waals surface area contributed by atoms with E-state index < -0.39 is 0 Å². The lowest BCUT2D eigenvalue weighted by Gasteiger charge is -2.19. The van der Waals surface area contributed by atoms with Gasteiger partial charge in [-0.05, 0) is 20.8 Å². The number of halogens is 1. The van der Waals surface area contributed by atoms with Gasteiger partial charge in [0.2, 0.25) is 0 Å². The first kappa shape index (κ1) is 14.6. The third kappa shape index (κ3) is 4.73. The van der Waals surface area contributed by atoms with Crippen LogP contribution in [0.3, 0.4) is 0 Å². The molecule has 98 valence electrons. The predicted molar refractivity (Wildman–Crippen MR) is 69.1 cm³/mol. The molecule has 0 spiro atoms. The molecule has 1 heterocycles. The summed E-state index contributed by atoms with van der Waals surface area (Å²) in [6, 6.07) is 0. The van der Waals surface area contributed by atoms with E-state index >= 15 is 0 Å². The number of aromatic nitrogens is 3. The van der Waals surface area contributed by atoms with E-state index in [1.807, 2.05) is 25.3 Å². The lowest BCUT2D eigenvalue weighted by atomic mass is 10.2. The molecule has 0 saturated carbocycles. The second-order valence-corrected chi connectivity index (χ2v) is 5.27. The number of nitrogens with zero attached hydrogens (tertiary/aromatic N) is 3. The van der Waals surface area contributed by atoms with E-state index in [1.165, 1.54) is 0 Å². The molecule has 6 heteroatoms. The molecule has 0 unspecified atom stereocenters. The summed E-state index contributed by atoms with van der Waals surface area (Å²) < 4.78 is 12.8. The molecule has 0 radical (unpaired) electrons. The molecule has 0 atom stereocenters. The number of methoxy groups -OCH3 is 1. The van der Waals surface area contributed by atoms with Crippen LogP contribution >= 0.6 is 15.9 Å². The van der Waals surface area contributed by atoms with Crippen molar-refractivity contribution in [3.8, 4) is 0 Å². The zero-order valence-corrected chi connectivity index (χ0v) is 12.5. The molecule has 0 amide bonds. The molecule has 0 aliphatic heterocycles. The number of hydrogen-bond acceptors (Lipinski definition) is 4. The van der Waals surface area contributed by atoms with Crippen LogP contribution in [-0.2, 0) is 28.0 Å². The lowest BCUT2D eigenvalue weighted by Crippen LogP contribution is -2.21. The zero-order chi connectivity index (χ0) is 12.9. The summed E-state index contributed by atoms with van der Waals surface area (Å²) in [5.74, 6) is 1.74. The molecule has 0 aliphatic rings. The van der Waals surface area contributed by atoms with Gasteiger partial charge in [0, 0.05) is 13.7 Å². The molecular weight excluding hydrogens is 286 g/mol. The van der Waals surface area contributed by atoms with Gasteiger partial charge >= 0.3 is 0 Å².